The number of hydrogen-bond acceptors (Lipinski definition) is 3. The van der Waals surface area contributed by atoms with Gasteiger partial charge in [-0.05, 0) is 30.7 Å². The van der Waals surface area contributed by atoms with Crippen molar-refractivity contribution < 1.29 is 0 Å². The summed E-state index contributed by atoms with van der Waals surface area (Å²) in [5.41, 5.74) is 2.22. The molecule has 2 aromatic rings. The molecule has 1 saturated carbocycles. The van der Waals surface area contributed by atoms with Crippen molar-refractivity contribution in [2.75, 3.05) is 5.32 Å². The van der Waals surface area contributed by atoms with Crippen molar-refractivity contribution in [3.63, 3.8) is 0 Å². The van der Waals surface area contributed by atoms with Crippen LogP contribution in [0.4, 0.5) is 5.82 Å². The Morgan fingerprint density at radius 2 is 2.24 bits per heavy atom. The molecule has 0 bridgehead atoms. The van der Waals surface area contributed by atoms with E-state index < -0.39 is 0 Å². The molecule has 3 rings (SSSR count). The van der Waals surface area contributed by atoms with Crippen LogP contribution in [0.5, 0.6) is 0 Å². The van der Waals surface area contributed by atoms with Crippen LogP contribution in [-0.4, -0.2) is 20.6 Å². The van der Waals surface area contributed by atoms with Crippen molar-refractivity contribution in [1.82, 2.24) is 14.6 Å². The Morgan fingerprint density at radius 1 is 1.38 bits per heavy atom. The van der Waals surface area contributed by atoms with E-state index in [2.05, 4.69) is 42.2 Å². The maximum atomic E-state index is 4.63. The third kappa shape index (κ3) is 3.04. The lowest BCUT2D eigenvalue weighted by Crippen LogP contribution is -2.27. The SMILES string of the molecule is CCC1CCCC(Nc2nccn3nc(C(C)C)cc23)C1. The Hall–Kier alpha value is -1.58. The number of nitrogens with zero attached hydrogens (tertiary/aromatic N) is 3. The fraction of sp³-hybridized carbons (Fsp3) is 0.647. The van der Waals surface area contributed by atoms with E-state index in [1.165, 1.54) is 32.1 Å². The van der Waals surface area contributed by atoms with Gasteiger partial charge in [0.25, 0.3) is 0 Å². The van der Waals surface area contributed by atoms with Gasteiger partial charge in [-0.2, -0.15) is 5.10 Å². The van der Waals surface area contributed by atoms with Crippen LogP contribution in [-0.2, 0) is 0 Å². The lowest BCUT2D eigenvalue weighted by molar-refractivity contribution is 0.327. The Morgan fingerprint density at radius 3 is 3.00 bits per heavy atom. The first-order valence-corrected chi connectivity index (χ1v) is 8.28. The van der Waals surface area contributed by atoms with Gasteiger partial charge in [-0.15, -0.1) is 0 Å². The molecule has 1 fully saturated rings. The van der Waals surface area contributed by atoms with E-state index in [9.17, 15) is 0 Å². The van der Waals surface area contributed by atoms with Crippen LogP contribution in [0.15, 0.2) is 18.5 Å². The first-order chi connectivity index (χ1) is 10.2. The molecule has 0 saturated heterocycles. The molecule has 2 heterocycles. The Balaban J connectivity index is 1.83. The van der Waals surface area contributed by atoms with Gasteiger partial charge in [-0.1, -0.05) is 40.0 Å². The third-order valence-electron chi connectivity index (χ3n) is 4.70. The van der Waals surface area contributed by atoms with E-state index in [4.69, 9.17) is 0 Å². The molecule has 0 aliphatic heterocycles. The van der Waals surface area contributed by atoms with Gasteiger partial charge in [-0.25, -0.2) is 9.50 Å². The lowest BCUT2D eigenvalue weighted by Gasteiger charge is -2.29. The van der Waals surface area contributed by atoms with E-state index >= 15 is 0 Å². The predicted octanol–water partition coefficient (Wildman–Crippen LogP) is 4.23. The maximum Gasteiger partial charge on any atom is 0.152 e. The molecule has 0 aromatic carbocycles. The average Bonchev–Trinajstić information content (AvgIpc) is 2.93. The molecule has 2 aromatic heterocycles. The number of hydrogen-bond donors (Lipinski definition) is 1. The Labute approximate surface area is 127 Å². The fourth-order valence-corrected chi connectivity index (χ4v) is 3.32. The van der Waals surface area contributed by atoms with Crippen molar-refractivity contribution in [3.8, 4) is 0 Å². The lowest BCUT2D eigenvalue weighted by atomic mass is 9.84. The second kappa shape index (κ2) is 6.04. The molecule has 114 valence electrons. The van der Waals surface area contributed by atoms with E-state index in [0.717, 1.165) is 22.9 Å². The van der Waals surface area contributed by atoms with Crippen LogP contribution in [0.1, 0.15) is 64.5 Å². The quantitative estimate of drug-likeness (QED) is 0.914. The summed E-state index contributed by atoms with van der Waals surface area (Å²) in [6, 6.07) is 2.72. The Kier molecular flexibility index (Phi) is 4.13. The molecule has 4 heteroatoms. The molecule has 4 nitrogen and oxygen atoms in total. The van der Waals surface area contributed by atoms with E-state index in [0.29, 0.717) is 12.0 Å². The number of aromatic nitrogens is 3. The van der Waals surface area contributed by atoms with Gasteiger partial charge in [-0.3, -0.25) is 0 Å². The summed E-state index contributed by atoms with van der Waals surface area (Å²) in [4.78, 5) is 4.55. The zero-order valence-corrected chi connectivity index (χ0v) is 13.3. The largest absolute Gasteiger partial charge is 0.366 e. The fourth-order valence-electron chi connectivity index (χ4n) is 3.32. The second-order valence-corrected chi connectivity index (χ2v) is 6.61. The monoisotopic (exact) mass is 286 g/mol. The number of nitrogens with one attached hydrogen (secondary N) is 1. The van der Waals surface area contributed by atoms with E-state index in [1.807, 2.05) is 16.9 Å². The third-order valence-corrected chi connectivity index (χ3v) is 4.70. The highest BCUT2D eigenvalue weighted by molar-refractivity contribution is 5.68. The summed E-state index contributed by atoms with van der Waals surface area (Å²) < 4.78 is 1.95. The smallest absolute Gasteiger partial charge is 0.152 e. The molecule has 1 N–H and O–H groups in total. The molecule has 1 aliphatic carbocycles. The first-order valence-electron chi connectivity index (χ1n) is 8.28. The van der Waals surface area contributed by atoms with Crippen molar-refractivity contribution in [2.24, 2.45) is 5.92 Å². The highest BCUT2D eigenvalue weighted by atomic mass is 15.2. The molecule has 21 heavy (non-hydrogen) atoms. The summed E-state index contributed by atoms with van der Waals surface area (Å²) in [7, 11) is 0. The van der Waals surface area contributed by atoms with Gasteiger partial charge >= 0.3 is 0 Å². The van der Waals surface area contributed by atoms with Crippen molar-refractivity contribution >= 4 is 11.3 Å². The van der Waals surface area contributed by atoms with E-state index in [-0.39, 0.29) is 0 Å². The molecule has 0 amide bonds. The predicted molar refractivity (Wildman–Crippen MR) is 86.7 cm³/mol. The van der Waals surface area contributed by atoms with Crippen LogP contribution in [0.25, 0.3) is 5.52 Å². The van der Waals surface area contributed by atoms with Crippen molar-refractivity contribution in [3.05, 3.63) is 24.2 Å². The highest BCUT2D eigenvalue weighted by Crippen LogP contribution is 2.29. The molecular formula is C17H26N4. The van der Waals surface area contributed by atoms with Crippen LogP contribution in [0, 0.1) is 5.92 Å². The van der Waals surface area contributed by atoms with E-state index in [1.54, 1.807) is 0 Å². The van der Waals surface area contributed by atoms with Crippen LogP contribution >= 0.6 is 0 Å². The van der Waals surface area contributed by atoms with Gasteiger partial charge in [0, 0.05) is 18.4 Å². The molecule has 0 spiro atoms. The topological polar surface area (TPSA) is 42.2 Å². The molecule has 1 aliphatic rings. The average molecular weight is 286 g/mol. The van der Waals surface area contributed by atoms with Crippen molar-refractivity contribution in [2.45, 2.75) is 64.8 Å². The summed E-state index contributed by atoms with van der Waals surface area (Å²) in [5.74, 6) is 2.29. The summed E-state index contributed by atoms with van der Waals surface area (Å²) in [6.45, 7) is 6.66. The van der Waals surface area contributed by atoms with Crippen LogP contribution in [0.2, 0.25) is 0 Å². The summed E-state index contributed by atoms with van der Waals surface area (Å²) >= 11 is 0. The van der Waals surface area contributed by atoms with Gasteiger partial charge in [0.2, 0.25) is 0 Å². The minimum Gasteiger partial charge on any atom is -0.366 e. The van der Waals surface area contributed by atoms with Gasteiger partial charge < -0.3 is 5.32 Å². The first kappa shape index (κ1) is 14.4. The molecular weight excluding hydrogens is 260 g/mol. The van der Waals surface area contributed by atoms with Crippen LogP contribution < -0.4 is 5.32 Å². The minimum absolute atomic E-state index is 0.442. The Bertz CT molecular complexity index is 602. The van der Waals surface area contributed by atoms with Gasteiger partial charge in [0.1, 0.15) is 5.52 Å². The second-order valence-electron chi connectivity index (χ2n) is 6.61. The maximum absolute atomic E-state index is 4.63. The highest BCUT2D eigenvalue weighted by Gasteiger charge is 2.21. The zero-order valence-electron chi connectivity index (χ0n) is 13.3. The number of anilines is 1. The normalized spacial score (nSPS) is 22.9. The standard InChI is InChI=1S/C17H26N4/c1-4-13-6-5-7-14(10-13)19-17-16-11-15(12(2)3)20-21(16)9-8-18-17/h8-9,11-14H,4-7,10H2,1-3H3,(H,18,19). The van der Waals surface area contributed by atoms with Crippen LogP contribution in [0.3, 0.4) is 0 Å². The summed E-state index contributed by atoms with van der Waals surface area (Å²) in [6.07, 6.45) is 10.3. The van der Waals surface area contributed by atoms with Gasteiger partial charge in [0.15, 0.2) is 5.82 Å². The molecule has 2 unspecified atom stereocenters. The van der Waals surface area contributed by atoms with Crippen molar-refractivity contribution in [1.29, 1.82) is 0 Å². The number of fused-ring (bicyclic) bond motifs is 1. The summed E-state index contributed by atoms with van der Waals surface area (Å²) in [5, 5.41) is 8.30. The minimum atomic E-state index is 0.442. The van der Waals surface area contributed by atoms with Gasteiger partial charge in [0.05, 0.1) is 5.69 Å². The number of rotatable bonds is 4. The molecule has 0 radical (unpaired) electrons. The zero-order chi connectivity index (χ0) is 14.8. The molecule has 2 atom stereocenters.